The quantitative estimate of drug-likeness (QED) is 0.577. The summed E-state index contributed by atoms with van der Waals surface area (Å²) in [6.45, 7) is 7.27. The molecule has 0 aliphatic heterocycles. The zero-order valence-electron chi connectivity index (χ0n) is 13.5. The monoisotopic (exact) mass is 342 g/mol. The zero-order valence-corrected chi connectivity index (χ0v) is 15.1. The molecule has 23 heavy (non-hydrogen) atoms. The number of hydrogen-bond donors (Lipinski definition) is 0. The number of aryl methyl sites for hydroxylation is 1. The van der Waals surface area contributed by atoms with E-state index in [1.165, 1.54) is 16.8 Å². The Balaban J connectivity index is 2.13. The molecule has 0 aliphatic carbocycles. The first kappa shape index (κ1) is 16.0. The summed E-state index contributed by atoms with van der Waals surface area (Å²) in [5, 5.41) is 2.92. The third-order valence-electron chi connectivity index (χ3n) is 4.05. The zero-order chi connectivity index (χ0) is 16.4. The second-order valence-corrected chi connectivity index (χ2v) is 6.76. The summed E-state index contributed by atoms with van der Waals surface area (Å²) in [5.74, 6) is 0. The minimum Gasteiger partial charge on any atom is -0.317 e. The molecule has 2 nitrogen and oxygen atoms in total. The van der Waals surface area contributed by atoms with Crippen LogP contribution in [0.3, 0.4) is 0 Å². The minimum absolute atomic E-state index is 0.757. The van der Waals surface area contributed by atoms with Crippen LogP contribution in [0.1, 0.15) is 18.1 Å². The number of benzene rings is 2. The molecule has 1 aromatic heterocycles. The van der Waals surface area contributed by atoms with Crippen molar-refractivity contribution in [3.63, 3.8) is 0 Å². The fourth-order valence-corrected chi connectivity index (χ4v) is 3.65. The highest BCUT2D eigenvalue weighted by atomic mass is 35.5. The Morgan fingerprint density at radius 1 is 1.09 bits per heavy atom. The molecule has 0 radical (unpaired) electrons. The smallest absolute Gasteiger partial charge is 0.190 e. The van der Waals surface area contributed by atoms with Gasteiger partial charge in [-0.1, -0.05) is 35.9 Å². The number of rotatable bonds is 3. The Bertz CT molecular complexity index is 888. The number of thiazole rings is 1. The SMILES string of the molecule is CCn1c(-c2ccc(Cl)cc2)csc1=Nc1cccc(C)c1C. The van der Waals surface area contributed by atoms with E-state index in [2.05, 4.69) is 61.1 Å². The van der Waals surface area contributed by atoms with Gasteiger partial charge >= 0.3 is 0 Å². The number of halogens is 1. The van der Waals surface area contributed by atoms with Crippen LogP contribution < -0.4 is 4.80 Å². The first-order valence-corrected chi connectivity index (χ1v) is 8.91. The van der Waals surface area contributed by atoms with Gasteiger partial charge in [-0.25, -0.2) is 4.99 Å². The summed E-state index contributed by atoms with van der Waals surface area (Å²) in [6, 6.07) is 14.2. The molecule has 3 aromatic rings. The Morgan fingerprint density at radius 2 is 1.83 bits per heavy atom. The number of hydrogen-bond acceptors (Lipinski definition) is 2. The molecule has 0 spiro atoms. The maximum Gasteiger partial charge on any atom is 0.190 e. The average molecular weight is 343 g/mol. The van der Waals surface area contributed by atoms with E-state index in [0.29, 0.717) is 0 Å². The second-order valence-electron chi connectivity index (χ2n) is 5.49. The van der Waals surface area contributed by atoms with Gasteiger partial charge in [-0.05, 0) is 55.7 Å². The van der Waals surface area contributed by atoms with Crippen molar-refractivity contribution >= 4 is 28.6 Å². The molecule has 0 amide bonds. The number of nitrogens with zero attached hydrogens (tertiary/aromatic N) is 2. The fraction of sp³-hybridized carbons (Fsp3) is 0.211. The first-order chi connectivity index (χ1) is 11.1. The molecule has 0 saturated heterocycles. The van der Waals surface area contributed by atoms with Crippen molar-refractivity contribution in [2.45, 2.75) is 27.3 Å². The van der Waals surface area contributed by atoms with Crippen molar-refractivity contribution in [1.82, 2.24) is 4.57 Å². The highest BCUT2D eigenvalue weighted by Gasteiger charge is 2.07. The van der Waals surface area contributed by atoms with Crippen LogP contribution in [0.4, 0.5) is 5.69 Å². The first-order valence-electron chi connectivity index (χ1n) is 7.65. The third kappa shape index (κ3) is 3.26. The fourth-order valence-electron chi connectivity index (χ4n) is 2.54. The van der Waals surface area contributed by atoms with E-state index < -0.39 is 0 Å². The van der Waals surface area contributed by atoms with E-state index in [9.17, 15) is 0 Å². The molecular formula is C19H19ClN2S. The third-order valence-corrected chi connectivity index (χ3v) is 5.16. The lowest BCUT2D eigenvalue weighted by Gasteiger charge is -2.07. The molecule has 0 atom stereocenters. The molecule has 4 heteroatoms. The lowest BCUT2D eigenvalue weighted by Crippen LogP contribution is -2.14. The van der Waals surface area contributed by atoms with Crippen LogP contribution in [0.2, 0.25) is 5.02 Å². The molecule has 0 unspecified atom stereocenters. The van der Waals surface area contributed by atoms with Crippen LogP contribution in [0, 0.1) is 13.8 Å². The van der Waals surface area contributed by atoms with E-state index in [4.69, 9.17) is 16.6 Å². The van der Waals surface area contributed by atoms with Crippen molar-refractivity contribution in [3.05, 3.63) is 68.8 Å². The topological polar surface area (TPSA) is 17.3 Å². The summed E-state index contributed by atoms with van der Waals surface area (Å²) in [4.78, 5) is 5.91. The maximum atomic E-state index is 5.99. The van der Waals surface area contributed by atoms with Gasteiger partial charge in [0, 0.05) is 16.9 Å². The summed E-state index contributed by atoms with van der Waals surface area (Å²) in [7, 11) is 0. The molecule has 3 rings (SSSR count). The van der Waals surface area contributed by atoms with Crippen molar-refractivity contribution in [2.75, 3.05) is 0 Å². The maximum absolute atomic E-state index is 5.99. The predicted molar refractivity (Wildman–Crippen MR) is 99.6 cm³/mol. The highest BCUT2D eigenvalue weighted by Crippen LogP contribution is 2.24. The van der Waals surface area contributed by atoms with Gasteiger partial charge in [0.15, 0.2) is 4.80 Å². The van der Waals surface area contributed by atoms with Gasteiger partial charge < -0.3 is 4.57 Å². The Labute approximate surface area is 145 Å². The van der Waals surface area contributed by atoms with Crippen LogP contribution in [0.5, 0.6) is 0 Å². The molecule has 1 heterocycles. The van der Waals surface area contributed by atoms with E-state index in [1.54, 1.807) is 11.3 Å². The van der Waals surface area contributed by atoms with E-state index in [0.717, 1.165) is 27.6 Å². The Kier molecular flexibility index (Phi) is 4.69. The molecule has 0 aliphatic rings. The Hall–Kier alpha value is -1.84. The summed E-state index contributed by atoms with van der Waals surface area (Å²) in [6.07, 6.45) is 0. The van der Waals surface area contributed by atoms with Gasteiger partial charge in [0.2, 0.25) is 0 Å². The average Bonchev–Trinajstić information content (AvgIpc) is 2.95. The van der Waals surface area contributed by atoms with Crippen LogP contribution >= 0.6 is 22.9 Å². The molecule has 0 saturated carbocycles. The molecular weight excluding hydrogens is 324 g/mol. The summed E-state index contributed by atoms with van der Waals surface area (Å²) in [5.41, 5.74) is 5.88. The van der Waals surface area contributed by atoms with E-state index in [1.807, 2.05) is 12.1 Å². The van der Waals surface area contributed by atoms with Crippen molar-refractivity contribution in [2.24, 2.45) is 4.99 Å². The highest BCUT2D eigenvalue weighted by molar-refractivity contribution is 7.07. The summed E-state index contributed by atoms with van der Waals surface area (Å²) < 4.78 is 2.25. The van der Waals surface area contributed by atoms with E-state index in [-0.39, 0.29) is 0 Å². The minimum atomic E-state index is 0.757. The second kappa shape index (κ2) is 6.73. The largest absolute Gasteiger partial charge is 0.317 e. The van der Waals surface area contributed by atoms with Gasteiger partial charge in [0.1, 0.15) is 0 Å². The lowest BCUT2D eigenvalue weighted by atomic mass is 10.1. The van der Waals surface area contributed by atoms with Gasteiger partial charge in [-0.3, -0.25) is 0 Å². The number of aromatic nitrogens is 1. The predicted octanol–water partition coefficient (Wildman–Crippen LogP) is 5.74. The van der Waals surface area contributed by atoms with Crippen molar-refractivity contribution in [1.29, 1.82) is 0 Å². The molecule has 2 aromatic carbocycles. The van der Waals surface area contributed by atoms with Crippen molar-refractivity contribution < 1.29 is 0 Å². The molecule has 0 bridgehead atoms. The van der Waals surface area contributed by atoms with Crippen LogP contribution in [-0.2, 0) is 6.54 Å². The normalized spacial score (nSPS) is 11.9. The lowest BCUT2D eigenvalue weighted by molar-refractivity contribution is 0.744. The molecule has 0 N–H and O–H groups in total. The van der Waals surface area contributed by atoms with Gasteiger partial charge in [0.25, 0.3) is 0 Å². The van der Waals surface area contributed by atoms with Crippen LogP contribution in [0.25, 0.3) is 11.3 Å². The van der Waals surface area contributed by atoms with Gasteiger partial charge in [0.05, 0.1) is 11.4 Å². The molecule has 118 valence electrons. The Morgan fingerprint density at radius 3 is 2.52 bits per heavy atom. The van der Waals surface area contributed by atoms with E-state index >= 15 is 0 Å². The molecule has 0 fully saturated rings. The van der Waals surface area contributed by atoms with Gasteiger partial charge in [-0.15, -0.1) is 11.3 Å². The van der Waals surface area contributed by atoms with Gasteiger partial charge in [-0.2, -0.15) is 0 Å². The van der Waals surface area contributed by atoms with Crippen LogP contribution in [-0.4, -0.2) is 4.57 Å². The summed E-state index contributed by atoms with van der Waals surface area (Å²) >= 11 is 7.67. The van der Waals surface area contributed by atoms with Crippen LogP contribution in [0.15, 0.2) is 52.8 Å². The van der Waals surface area contributed by atoms with Crippen molar-refractivity contribution in [3.8, 4) is 11.3 Å². The standard InChI is InChI=1S/C19H19ClN2S/c1-4-22-18(15-8-10-16(20)11-9-15)12-23-19(22)21-17-7-5-6-13(2)14(17)3/h5-12H,4H2,1-3H3.